The Labute approximate surface area is 157 Å². The first-order chi connectivity index (χ1) is 13.0. The summed E-state index contributed by atoms with van der Waals surface area (Å²) < 4.78 is 15.7. The fraction of sp³-hybridized carbons (Fsp3) is 0.350. The van der Waals surface area contributed by atoms with Crippen molar-refractivity contribution in [2.24, 2.45) is 5.73 Å². The summed E-state index contributed by atoms with van der Waals surface area (Å²) in [4.78, 5) is 11.2. The summed E-state index contributed by atoms with van der Waals surface area (Å²) in [6, 6.07) is 3.18. The van der Waals surface area contributed by atoms with Gasteiger partial charge in [-0.2, -0.15) is 5.10 Å². The largest absolute Gasteiger partial charge is 0.349 e. The van der Waals surface area contributed by atoms with Crippen LogP contribution in [0, 0.1) is 24.6 Å². The monoisotopic (exact) mass is 364 g/mol. The second-order valence-electron chi connectivity index (χ2n) is 6.88. The van der Waals surface area contributed by atoms with Crippen molar-refractivity contribution < 1.29 is 4.39 Å². The molecule has 2 N–H and O–H groups in total. The maximum absolute atomic E-state index is 14.0. The van der Waals surface area contributed by atoms with Crippen molar-refractivity contribution in [3.05, 3.63) is 53.4 Å². The molecule has 0 amide bonds. The third-order valence-electron chi connectivity index (χ3n) is 4.74. The van der Waals surface area contributed by atoms with Crippen LogP contribution in [0.3, 0.4) is 0 Å². The highest BCUT2D eigenvalue weighted by atomic mass is 19.1. The molecule has 0 aromatic carbocycles. The van der Waals surface area contributed by atoms with E-state index in [2.05, 4.69) is 26.8 Å². The van der Waals surface area contributed by atoms with Crippen LogP contribution < -0.4 is 10.6 Å². The quantitative estimate of drug-likeness (QED) is 0.708. The summed E-state index contributed by atoms with van der Waals surface area (Å²) >= 11 is 0. The number of anilines is 1. The third-order valence-corrected chi connectivity index (χ3v) is 4.74. The lowest BCUT2D eigenvalue weighted by molar-refractivity contribution is 0.609. The molecule has 1 aliphatic heterocycles. The lowest BCUT2D eigenvalue weighted by atomic mass is 10.0. The van der Waals surface area contributed by atoms with Crippen LogP contribution in [0.2, 0.25) is 0 Å². The van der Waals surface area contributed by atoms with Gasteiger partial charge in [-0.25, -0.2) is 18.9 Å². The van der Waals surface area contributed by atoms with Crippen LogP contribution in [-0.2, 0) is 0 Å². The molecular weight excluding hydrogens is 343 g/mol. The van der Waals surface area contributed by atoms with Gasteiger partial charge in [0.15, 0.2) is 5.65 Å². The van der Waals surface area contributed by atoms with E-state index in [9.17, 15) is 4.39 Å². The number of nitrogens with two attached hydrogens (primary N) is 1. The average molecular weight is 364 g/mol. The van der Waals surface area contributed by atoms with Crippen LogP contribution in [-0.4, -0.2) is 32.2 Å². The summed E-state index contributed by atoms with van der Waals surface area (Å²) in [5.41, 5.74) is 8.95. The summed E-state index contributed by atoms with van der Waals surface area (Å²) in [5, 5.41) is 4.28. The predicted molar refractivity (Wildman–Crippen MR) is 102 cm³/mol. The third kappa shape index (κ3) is 3.36. The molecule has 0 radical (unpaired) electrons. The maximum Gasteiger partial charge on any atom is 0.160 e. The number of nitrogens with zero attached hydrogens (tertiary/aromatic N) is 5. The van der Waals surface area contributed by atoms with Crippen molar-refractivity contribution >= 4 is 11.5 Å². The molecule has 3 aromatic heterocycles. The second-order valence-corrected chi connectivity index (χ2v) is 6.88. The van der Waals surface area contributed by atoms with Crippen LogP contribution in [0.15, 0.2) is 30.7 Å². The van der Waals surface area contributed by atoms with Crippen molar-refractivity contribution in [2.45, 2.75) is 38.8 Å². The van der Waals surface area contributed by atoms with Gasteiger partial charge in [0.05, 0.1) is 24.5 Å². The van der Waals surface area contributed by atoms with Gasteiger partial charge in [-0.15, -0.1) is 0 Å². The zero-order chi connectivity index (χ0) is 19.0. The number of aromatic nitrogens is 4. The van der Waals surface area contributed by atoms with E-state index >= 15 is 0 Å². The number of hydrogen-bond donors (Lipinski definition) is 1. The first-order valence-corrected chi connectivity index (χ1v) is 9.03. The Balaban J connectivity index is 1.76. The fourth-order valence-electron chi connectivity index (χ4n) is 3.49. The van der Waals surface area contributed by atoms with Crippen molar-refractivity contribution in [1.29, 1.82) is 0 Å². The van der Waals surface area contributed by atoms with E-state index in [-0.39, 0.29) is 17.9 Å². The summed E-state index contributed by atoms with van der Waals surface area (Å²) in [6.07, 6.45) is 6.79. The Morgan fingerprint density at radius 2 is 2.22 bits per heavy atom. The van der Waals surface area contributed by atoms with Crippen LogP contribution in [0.4, 0.5) is 10.2 Å². The number of hydrogen-bond acceptors (Lipinski definition) is 5. The molecule has 0 bridgehead atoms. The summed E-state index contributed by atoms with van der Waals surface area (Å²) in [5.74, 6) is 6.42. The second kappa shape index (κ2) is 6.97. The molecule has 27 heavy (non-hydrogen) atoms. The lowest BCUT2D eigenvalue weighted by Gasteiger charge is -2.26. The van der Waals surface area contributed by atoms with Gasteiger partial charge in [0.25, 0.3) is 0 Å². The highest BCUT2D eigenvalue weighted by Gasteiger charge is 2.30. The minimum Gasteiger partial charge on any atom is -0.349 e. The van der Waals surface area contributed by atoms with E-state index in [0.29, 0.717) is 5.69 Å². The molecule has 3 aromatic rings. The molecule has 6 nitrogen and oxygen atoms in total. The van der Waals surface area contributed by atoms with Crippen molar-refractivity contribution in [3.8, 4) is 11.8 Å². The van der Waals surface area contributed by atoms with E-state index < -0.39 is 0 Å². The van der Waals surface area contributed by atoms with Crippen molar-refractivity contribution in [3.63, 3.8) is 0 Å². The Bertz CT molecular complexity index is 1050. The number of rotatable bonds is 2. The SMILES string of the molecule is Cc1cnn2ccc(N3CCCC3c3cc(F)cnc3C#CC(C)N)nc12. The zero-order valence-corrected chi connectivity index (χ0v) is 15.4. The maximum atomic E-state index is 14.0. The molecule has 7 heteroatoms. The van der Waals surface area contributed by atoms with Gasteiger partial charge in [0.2, 0.25) is 0 Å². The van der Waals surface area contributed by atoms with Crippen LogP contribution in [0.25, 0.3) is 5.65 Å². The molecule has 138 valence electrons. The van der Waals surface area contributed by atoms with Crippen molar-refractivity contribution in [2.75, 3.05) is 11.4 Å². The number of aryl methyl sites for hydroxylation is 1. The van der Waals surface area contributed by atoms with Crippen LogP contribution in [0.5, 0.6) is 0 Å². The van der Waals surface area contributed by atoms with Crippen LogP contribution >= 0.6 is 0 Å². The van der Waals surface area contributed by atoms with Gasteiger partial charge in [-0.1, -0.05) is 5.92 Å². The van der Waals surface area contributed by atoms with E-state index in [4.69, 9.17) is 10.7 Å². The Hall–Kier alpha value is -2.98. The molecule has 1 aliphatic rings. The molecule has 1 saturated heterocycles. The molecule has 0 spiro atoms. The molecular formula is C20H21FN6. The molecule has 1 fully saturated rings. The Morgan fingerprint density at radius 3 is 3.04 bits per heavy atom. The predicted octanol–water partition coefficient (Wildman–Crippen LogP) is 2.61. The minimum atomic E-state index is -0.363. The molecule has 0 aliphatic carbocycles. The van der Waals surface area contributed by atoms with Crippen LogP contribution in [0.1, 0.15) is 42.6 Å². The highest BCUT2D eigenvalue weighted by Crippen LogP contribution is 2.36. The normalized spacial score (nSPS) is 17.8. The summed E-state index contributed by atoms with van der Waals surface area (Å²) in [6.45, 7) is 4.64. The van der Waals surface area contributed by atoms with Gasteiger partial charge in [0.1, 0.15) is 17.3 Å². The Kier molecular flexibility index (Phi) is 4.50. The number of halogens is 1. The first kappa shape index (κ1) is 17.4. The molecule has 2 unspecified atom stereocenters. The van der Waals surface area contributed by atoms with Gasteiger partial charge in [0, 0.05) is 23.9 Å². The fourth-order valence-corrected chi connectivity index (χ4v) is 3.49. The van der Waals surface area contributed by atoms with Gasteiger partial charge >= 0.3 is 0 Å². The van der Waals surface area contributed by atoms with Gasteiger partial charge < -0.3 is 10.6 Å². The lowest BCUT2D eigenvalue weighted by Crippen LogP contribution is -2.25. The standard InChI is InChI=1S/C20H21FN6/c1-13-11-24-27-9-7-19(25-20(13)27)26-8-3-4-18(26)16-10-15(21)12-23-17(16)6-5-14(2)22/h7,9-12,14,18H,3-4,8,22H2,1-2H3. The van der Waals surface area contributed by atoms with Gasteiger partial charge in [-0.3, -0.25) is 0 Å². The van der Waals surface area contributed by atoms with E-state index in [1.165, 1.54) is 12.3 Å². The molecule has 2 atom stereocenters. The smallest absolute Gasteiger partial charge is 0.160 e. The van der Waals surface area contributed by atoms with E-state index in [1.54, 1.807) is 10.7 Å². The van der Waals surface area contributed by atoms with Crippen molar-refractivity contribution in [1.82, 2.24) is 19.6 Å². The summed E-state index contributed by atoms with van der Waals surface area (Å²) in [7, 11) is 0. The average Bonchev–Trinajstić information content (AvgIpc) is 3.27. The highest BCUT2D eigenvalue weighted by molar-refractivity contribution is 5.54. The van der Waals surface area contributed by atoms with E-state index in [0.717, 1.165) is 42.0 Å². The molecule has 0 saturated carbocycles. The molecule has 4 heterocycles. The van der Waals surface area contributed by atoms with E-state index in [1.807, 2.05) is 26.1 Å². The topological polar surface area (TPSA) is 72.3 Å². The number of pyridine rings is 1. The first-order valence-electron chi connectivity index (χ1n) is 9.03. The Morgan fingerprint density at radius 1 is 1.37 bits per heavy atom. The van der Waals surface area contributed by atoms with Gasteiger partial charge in [-0.05, 0) is 44.7 Å². The minimum absolute atomic E-state index is 0.0243. The number of fused-ring (bicyclic) bond motifs is 1. The molecule has 4 rings (SSSR count). The zero-order valence-electron chi connectivity index (χ0n) is 15.4.